The van der Waals surface area contributed by atoms with Gasteiger partial charge in [0.05, 0.1) is 24.2 Å². The van der Waals surface area contributed by atoms with Gasteiger partial charge in [-0.15, -0.1) is 0 Å². The first-order valence-corrected chi connectivity index (χ1v) is 10.00. The van der Waals surface area contributed by atoms with Crippen molar-refractivity contribution in [1.82, 2.24) is 4.90 Å². The highest BCUT2D eigenvalue weighted by Crippen LogP contribution is 2.21. The summed E-state index contributed by atoms with van der Waals surface area (Å²) < 4.78 is 32.9. The quantitative estimate of drug-likeness (QED) is 0.864. The summed E-state index contributed by atoms with van der Waals surface area (Å²) >= 11 is 5.87. The van der Waals surface area contributed by atoms with Crippen LogP contribution in [0.2, 0.25) is 5.02 Å². The zero-order valence-electron chi connectivity index (χ0n) is 14.2. The number of sulfonamides is 1. The highest BCUT2D eigenvalue weighted by Gasteiger charge is 2.25. The van der Waals surface area contributed by atoms with E-state index in [1.54, 1.807) is 35.2 Å². The van der Waals surface area contributed by atoms with E-state index in [1.807, 2.05) is 6.92 Å². The highest BCUT2D eigenvalue weighted by atomic mass is 35.5. The number of benzene rings is 2. The second-order valence-electron chi connectivity index (χ2n) is 6.07. The summed E-state index contributed by atoms with van der Waals surface area (Å²) in [7, 11) is -3.79. The van der Waals surface area contributed by atoms with Gasteiger partial charge >= 0.3 is 0 Å². The minimum Gasteiger partial charge on any atom is -0.377 e. The van der Waals surface area contributed by atoms with Gasteiger partial charge in [-0.1, -0.05) is 23.7 Å². The number of hydrogen-bond donors (Lipinski definition) is 1. The second-order valence-corrected chi connectivity index (χ2v) is 8.18. The van der Waals surface area contributed by atoms with E-state index in [1.165, 1.54) is 18.2 Å². The van der Waals surface area contributed by atoms with E-state index in [0.717, 1.165) is 0 Å². The Balaban J connectivity index is 1.82. The smallest absolute Gasteiger partial charge is 0.261 e. The molecule has 1 fully saturated rings. The Bertz CT molecular complexity index is 917. The molecule has 0 spiro atoms. The van der Waals surface area contributed by atoms with Crippen LogP contribution in [-0.4, -0.2) is 45.0 Å². The van der Waals surface area contributed by atoms with E-state index < -0.39 is 10.0 Å². The van der Waals surface area contributed by atoms with Gasteiger partial charge in [0.25, 0.3) is 15.9 Å². The Kier molecular flexibility index (Phi) is 5.50. The lowest BCUT2D eigenvalue weighted by Gasteiger charge is -2.33. The van der Waals surface area contributed by atoms with Crippen molar-refractivity contribution in [1.29, 1.82) is 0 Å². The maximum absolute atomic E-state index is 12.7. The number of amides is 1. The van der Waals surface area contributed by atoms with Gasteiger partial charge in [0.2, 0.25) is 0 Å². The summed E-state index contributed by atoms with van der Waals surface area (Å²) in [5.74, 6) is -0.149. The molecule has 1 unspecified atom stereocenters. The van der Waals surface area contributed by atoms with Crippen molar-refractivity contribution in [3.05, 3.63) is 59.1 Å². The monoisotopic (exact) mass is 394 g/mol. The average Bonchev–Trinajstić information content (AvgIpc) is 2.61. The van der Waals surface area contributed by atoms with Crippen molar-refractivity contribution in [2.24, 2.45) is 0 Å². The van der Waals surface area contributed by atoms with Crippen LogP contribution in [0.15, 0.2) is 53.4 Å². The summed E-state index contributed by atoms with van der Waals surface area (Å²) in [5.41, 5.74) is 0.738. The largest absolute Gasteiger partial charge is 0.377 e. The molecule has 0 aliphatic carbocycles. The fraction of sp³-hybridized carbons (Fsp3) is 0.278. The SMILES string of the molecule is CC1COCCN1C(=O)c1cccc(NS(=O)(=O)c2cccc(Cl)c2)c1. The number of carbonyl (C=O) groups excluding carboxylic acids is 1. The molecule has 6 nitrogen and oxygen atoms in total. The molecule has 0 bridgehead atoms. The van der Waals surface area contributed by atoms with Gasteiger partial charge in [-0.2, -0.15) is 0 Å². The van der Waals surface area contributed by atoms with Gasteiger partial charge < -0.3 is 9.64 Å². The number of halogens is 1. The molecular weight excluding hydrogens is 376 g/mol. The van der Waals surface area contributed by atoms with Crippen molar-refractivity contribution < 1.29 is 17.9 Å². The van der Waals surface area contributed by atoms with E-state index in [2.05, 4.69) is 4.72 Å². The molecule has 1 amide bonds. The maximum atomic E-state index is 12.7. The number of nitrogens with zero attached hydrogens (tertiary/aromatic N) is 1. The number of hydrogen-bond acceptors (Lipinski definition) is 4. The van der Waals surface area contributed by atoms with Crippen molar-refractivity contribution in [3.63, 3.8) is 0 Å². The zero-order valence-corrected chi connectivity index (χ0v) is 15.8. The van der Waals surface area contributed by atoms with Gasteiger partial charge in [-0.05, 0) is 43.3 Å². The highest BCUT2D eigenvalue weighted by molar-refractivity contribution is 7.92. The molecule has 2 aromatic carbocycles. The average molecular weight is 395 g/mol. The molecule has 1 atom stereocenters. The maximum Gasteiger partial charge on any atom is 0.261 e. The van der Waals surface area contributed by atoms with Crippen molar-refractivity contribution in [3.8, 4) is 0 Å². The molecule has 0 aromatic heterocycles. The van der Waals surface area contributed by atoms with Crippen LogP contribution in [0.25, 0.3) is 0 Å². The van der Waals surface area contributed by atoms with Crippen LogP contribution in [-0.2, 0) is 14.8 Å². The number of ether oxygens (including phenoxy) is 1. The zero-order chi connectivity index (χ0) is 18.7. The molecule has 3 rings (SSSR count). The summed E-state index contributed by atoms with van der Waals surface area (Å²) in [6.07, 6.45) is 0. The number of morpholine rings is 1. The van der Waals surface area contributed by atoms with Crippen molar-refractivity contribution in [2.75, 3.05) is 24.5 Å². The summed E-state index contributed by atoms with van der Waals surface area (Å²) in [6, 6.07) is 12.4. The Morgan fingerprint density at radius 1 is 1.23 bits per heavy atom. The molecule has 0 radical (unpaired) electrons. The molecule has 1 aliphatic rings. The number of rotatable bonds is 4. The third-order valence-corrected chi connectivity index (χ3v) is 5.71. The predicted molar refractivity (Wildman–Crippen MR) is 100 cm³/mol. The Morgan fingerprint density at radius 3 is 2.73 bits per heavy atom. The lowest BCUT2D eigenvalue weighted by atomic mass is 10.1. The fourth-order valence-electron chi connectivity index (χ4n) is 2.76. The lowest BCUT2D eigenvalue weighted by molar-refractivity contribution is 0.00360. The van der Waals surface area contributed by atoms with E-state index in [9.17, 15) is 13.2 Å². The summed E-state index contributed by atoms with van der Waals surface area (Å²) in [6.45, 7) is 3.42. The van der Waals surface area contributed by atoms with Crippen LogP contribution in [0.4, 0.5) is 5.69 Å². The normalized spacial score (nSPS) is 17.8. The molecular formula is C18H19ClN2O4S. The summed E-state index contributed by atoms with van der Waals surface area (Å²) in [4.78, 5) is 14.5. The van der Waals surface area contributed by atoms with Gasteiger partial charge in [0, 0.05) is 22.8 Å². The first-order valence-electron chi connectivity index (χ1n) is 8.14. The van der Waals surface area contributed by atoms with Crippen LogP contribution < -0.4 is 4.72 Å². The third kappa shape index (κ3) is 4.17. The third-order valence-electron chi connectivity index (χ3n) is 4.10. The van der Waals surface area contributed by atoms with Crippen LogP contribution in [0.1, 0.15) is 17.3 Å². The van der Waals surface area contributed by atoms with E-state index in [-0.39, 0.29) is 16.8 Å². The van der Waals surface area contributed by atoms with E-state index in [0.29, 0.717) is 36.0 Å². The molecule has 1 heterocycles. The van der Waals surface area contributed by atoms with E-state index in [4.69, 9.17) is 16.3 Å². The van der Waals surface area contributed by atoms with Gasteiger partial charge in [0.15, 0.2) is 0 Å². The topological polar surface area (TPSA) is 75.7 Å². The first kappa shape index (κ1) is 18.7. The van der Waals surface area contributed by atoms with Crippen molar-refractivity contribution in [2.45, 2.75) is 17.9 Å². The molecule has 26 heavy (non-hydrogen) atoms. The van der Waals surface area contributed by atoms with Crippen LogP contribution >= 0.6 is 11.6 Å². The molecule has 1 aliphatic heterocycles. The summed E-state index contributed by atoms with van der Waals surface area (Å²) in [5, 5.41) is 0.332. The first-order chi connectivity index (χ1) is 12.4. The standard InChI is InChI=1S/C18H19ClN2O4S/c1-13-12-25-9-8-21(13)18(22)14-4-2-6-16(10-14)20-26(23,24)17-7-3-5-15(19)11-17/h2-7,10-11,13,20H,8-9,12H2,1H3. The molecule has 1 saturated heterocycles. The van der Waals surface area contributed by atoms with Gasteiger partial charge in [0.1, 0.15) is 0 Å². The fourth-order valence-corrected chi connectivity index (χ4v) is 4.11. The molecule has 2 aromatic rings. The minimum atomic E-state index is -3.79. The van der Waals surface area contributed by atoms with Gasteiger partial charge in [-0.25, -0.2) is 8.42 Å². The van der Waals surface area contributed by atoms with Crippen molar-refractivity contribution >= 4 is 33.2 Å². The molecule has 0 saturated carbocycles. The molecule has 1 N–H and O–H groups in total. The lowest BCUT2D eigenvalue weighted by Crippen LogP contribution is -2.47. The Morgan fingerprint density at radius 2 is 2.00 bits per heavy atom. The Hall–Kier alpha value is -2.09. The predicted octanol–water partition coefficient (Wildman–Crippen LogP) is 3.00. The molecule has 138 valence electrons. The minimum absolute atomic E-state index is 0.0249. The Labute approximate surface area is 157 Å². The van der Waals surface area contributed by atoms with E-state index >= 15 is 0 Å². The second kappa shape index (κ2) is 7.65. The van der Waals surface area contributed by atoms with Crippen LogP contribution in [0.3, 0.4) is 0 Å². The number of carbonyl (C=O) groups is 1. The molecule has 8 heteroatoms. The van der Waals surface area contributed by atoms with Crippen LogP contribution in [0, 0.1) is 0 Å². The number of anilines is 1. The number of nitrogens with one attached hydrogen (secondary N) is 1. The van der Waals surface area contributed by atoms with Gasteiger partial charge in [-0.3, -0.25) is 9.52 Å². The van der Waals surface area contributed by atoms with Crippen LogP contribution in [0.5, 0.6) is 0 Å².